The van der Waals surface area contributed by atoms with Gasteiger partial charge in [0, 0.05) is 25.7 Å². The predicted octanol–water partition coefficient (Wildman–Crippen LogP) is 1.95. The number of likely N-dealkylation sites (tertiary alicyclic amines) is 1. The van der Waals surface area contributed by atoms with E-state index in [2.05, 4.69) is 29.3 Å². The third-order valence-electron chi connectivity index (χ3n) is 4.45. The number of carbonyl (C=O) groups is 1. The molecule has 130 valence electrons. The van der Waals surface area contributed by atoms with Crippen molar-refractivity contribution in [3.8, 4) is 0 Å². The summed E-state index contributed by atoms with van der Waals surface area (Å²) in [5.74, 6) is -0.306. The Bertz CT molecular complexity index is 547. The summed E-state index contributed by atoms with van der Waals surface area (Å²) in [5.41, 5.74) is 0.933. The van der Waals surface area contributed by atoms with Crippen molar-refractivity contribution in [3.63, 3.8) is 0 Å². The van der Waals surface area contributed by atoms with Gasteiger partial charge in [0.2, 0.25) is 0 Å². The molecule has 0 bridgehead atoms. The average Bonchev–Trinajstić information content (AvgIpc) is 2.79. The molecular formula is C17H30N4O2. The second-order valence-corrected chi connectivity index (χ2v) is 7.56. The standard InChI is InChI=1S/C17H30N4O2/c1-12-9-13(7-8-20(12)5)18-11-15-14(10-19-21(15)6)16(22)23-17(2,3)4/h10,12-13,18H,7-9,11H2,1-6H3/t12-,13+/m1/s1. The highest BCUT2D eigenvalue weighted by atomic mass is 16.6. The number of hydrogen-bond donors (Lipinski definition) is 1. The van der Waals surface area contributed by atoms with Crippen LogP contribution in [0.4, 0.5) is 0 Å². The van der Waals surface area contributed by atoms with Gasteiger partial charge >= 0.3 is 5.97 Å². The van der Waals surface area contributed by atoms with Crippen molar-refractivity contribution < 1.29 is 9.53 Å². The lowest BCUT2D eigenvalue weighted by Gasteiger charge is -2.35. The number of carbonyl (C=O) groups excluding carboxylic acids is 1. The van der Waals surface area contributed by atoms with Crippen molar-refractivity contribution in [1.29, 1.82) is 0 Å². The van der Waals surface area contributed by atoms with E-state index in [0.717, 1.165) is 25.1 Å². The SMILES string of the molecule is C[C@@H]1C[C@@H](NCc2c(C(=O)OC(C)(C)C)cnn2C)CCN1C. The van der Waals surface area contributed by atoms with Crippen LogP contribution in [-0.2, 0) is 18.3 Å². The van der Waals surface area contributed by atoms with Crippen LogP contribution in [0.5, 0.6) is 0 Å². The van der Waals surface area contributed by atoms with E-state index in [4.69, 9.17) is 4.74 Å². The van der Waals surface area contributed by atoms with Gasteiger partial charge in [0.1, 0.15) is 11.2 Å². The summed E-state index contributed by atoms with van der Waals surface area (Å²) in [7, 11) is 4.03. The highest BCUT2D eigenvalue weighted by molar-refractivity contribution is 5.90. The van der Waals surface area contributed by atoms with E-state index in [1.54, 1.807) is 10.9 Å². The number of ether oxygens (including phenoxy) is 1. The van der Waals surface area contributed by atoms with Crippen molar-refractivity contribution in [2.24, 2.45) is 7.05 Å². The Kier molecular flexibility index (Phi) is 5.47. The second-order valence-electron chi connectivity index (χ2n) is 7.56. The summed E-state index contributed by atoms with van der Waals surface area (Å²) in [6.45, 7) is 9.61. The molecule has 1 saturated heterocycles. The van der Waals surface area contributed by atoms with E-state index in [-0.39, 0.29) is 5.97 Å². The van der Waals surface area contributed by atoms with Gasteiger partial charge in [-0.05, 0) is 54.1 Å². The molecule has 0 aromatic carbocycles. The Morgan fingerprint density at radius 2 is 2.13 bits per heavy atom. The molecule has 0 aliphatic carbocycles. The average molecular weight is 322 g/mol. The molecule has 2 atom stereocenters. The van der Waals surface area contributed by atoms with E-state index in [9.17, 15) is 4.79 Å². The van der Waals surface area contributed by atoms with Crippen molar-refractivity contribution in [3.05, 3.63) is 17.5 Å². The van der Waals surface area contributed by atoms with Gasteiger partial charge in [-0.3, -0.25) is 4.68 Å². The number of piperidine rings is 1. The zero-order valence-corrected chi connectivity index (χ0v) is 15.2. The van der Waals surface area contributed by atoms with Gasteiger partial charge in [-0.15, -0.1) is 0 Å². The zero-order chi connectivity index (χ0) is 17.2. The highest BCUT2D eigenvalue weighted by Gasteiger charge is 2.25. The van der Waals surface area contributed by atoms with Crippen molar-refractivity contribution in [2.75, 3.05) is 13.6 Å². The fraction of sp³-hybridized carbons (Fsp3) is 0.765. The minimum absolute atomic E-state index is 0.306. The Morgan fingerprint density at radius 3 is 2.74 bits per heavy atom. The molecule has 1 aromatic rings. The number of rotatable bonds is 4. The maximum Gasteiger partial charge on any atom is 0.342 e. The van der Waals surface area contributed by atoms with Crippen molar-refractivity contribution >= 4 is 5.97 Å². The van der Waals surface area contributed by atoms with Crippen LogP contribution in [0.3, 0.4) is 0 Å². The summed E-state index contributed by atoms with van der Waals surface area (Å²) in [6.07, 6.45) is 3.85. The lowest BCUT2D eigenvalue weighted by atomic mass is 9.99. The van der Waals surface area contributed by atoms with Crippen molar-refractivity contribution in [2.45, 2.75) is 64.8 Å². The first kappa shape index (κ1) is 17.9. The molecule has 0 unspecified atom stereocenters. The summed E-state index contributed by atoms with van der Waals surface area (Å²) in [4.78, 5) is 14.7. The topological polar surface area (TPSA) is 59.4 Å². The number of nitrogens with one attached hydrogen (secondary N) is 1. The van der Waals surface area contributed by atoms with Crippen LogP contribution in [0.15, 0.2) is 6.20 Å². The van der Waals surface area contributed by atoms with Crippen molar-refractivity contribution in [1.82, 2.24) is 20.0 Å². The van der Waals surface area contributed by atoms with E-state index in [1.807, 2.05) is 27.8 Å². The molecule has 2 rings (SSSR count). The molecule has 6 heteroatoms. The molecule has 1 N–H and O–H groups in total. The monoisotopic (exact) mass is 322 g/mol. The number of hydrogen-bond acceptors (Lipinski definition) is 5. The van der Waals surface area contributed by atoms with E-state index >= 15 is 0 Å². The Hall–Kier alpha value is -1.40. The molecule has 1 fully saturated rings. The fourth-order valence-corrected chi connectivity index (χ4v) is 2.89. The number of nitrogens with zero attached hydrogens (tertiary/aromatic N) is 3. The third kappa shape index (κ3) is 4.78. The molecule has 2 heterocycles. The van der Waals surface area contributed by atoms with Crippen LogP contribution in [0.25, 0.3) is 0 Å². The van der Waals surface area contributed by atoms with E-state index in [1.165, 1.54) is 0 Å². The molecule has 0 amide bonds. The predicted molar refractivity (Wildman–Crippen MR) is 90.3 cm³/mol. The van der Waals surface area contributed by atoms with Gasteiger partial charge in [0.25, 0.3) is 0 Å². The Morgan fingerprint density at radius 1 is 1.43 bits per heavy atom. The maximum atomic E-state index is 12.3. The molecule has 23 heavy (non-hydrogen) atoms. The molecule has 1 aliphatic rings. The van der Waals surface area contributed by atoms with Gasteiger partial charge < -0.3 is 15.0 Å². The van der Waals surface area contributed by atoms with Crippen LogP contribution < -0.4 is 5.32 Å². The Balaban J connectivity index is 2.00. The molecule has 1 aromatic heterocycles. The molecular weight excluding hydrogens is 292 g/mol. The first-order valence-electron chi connectivity index (χ1n) is 8.35. The first-order valence-corrected chi connectivity index (χ1v) is 8.35. The van der Waals surface area contributed by atoms with Crippen LogP contribution >= 0.6 is 0 Å². The van der Waals surface area contributed by atoms with Crippen LogP contribution in [0.2, 0.25) is 0 Å². The largest absolute Gasteiger partial charge is 0.456 e. The van der Waals surface area contributed by atoms with E-state index in [0.29, 0.717) is 24.2 Å². The van der Waals surface area contributed by atoms with Gasteiger partial charge in [0.15, 0.2) is 0 Å². The lowest BCUT2D eigenvalue weighted by Crippen LogP contribution is -2.45. The quantitative estimate of drug-likeness (QED) is 0.859. The molecule has 0 radical (unpaired) electrons. The molecule has 1 aliphatic heterocycles. The third-order valence-corrected chi connectivity index (χ3v) is 4.45. The summed E-state index contributed by atoms with van der Waals surface area (Å²) >= 11 is 0. The first-order chi connectivity index (χ1) is 10.7. The zero-order valence-electron chi connectivity index (χ0n) is 15.2. The number of aromatic nitrogens is 2. The van der Waals surface area contributed by atoms with Crippen LogP contribution in [-0.4, -0.2) is 51.9 Å². The summed E-state index contributed by atoms with van der Waals surface area (Å²) in [5, 5.41) is 7.80. The summed E-state index contributed by atoms with van der Waals surface area (Å²) in [6, 6.07) is 1.06. The summed E-state index contributed by atoms with van der Waals surface area (Å²) < 4.78 is 7.23. The normalized spacial score (nSPS) is 23.0. The van der Waals surface area contributed by atoms with Crippen LogP contribution in [0.1, 0.15) is 56.6 Å². The maximum absolute atomic E-state index is 12.3. The van der Waals surface area contributed by atoms with Gasteiger partial charge in [-0.25, -0.2) is 4.79 Å². The second kappa shape index (κ2) is 7.01. The van der Waals surface area contributed by atoms with Gasteiger partial charge in [-0.2, -0.15) is 5.10 Å². The lowest BCUT2D eigenvalue weighted by molar-refractivity contribution is 0.00678. The minimum Gasteiger partial charge on any atom is -0.456 e. The number of esters is 1. The van der Waals surface area contributed by atoms with Crippen LogP contribution in [0, 0.1) is 0 Å². The minimum atomic E-state index is -0.499. The molecule has 0 spiro atoms. The highest BCUT2D eigenvalue weighted by Crippen LogP contribution is 2.18. The molecule has 6 nitrogen and oxygen atoms in total. The van der Waals surface area contributed by atoms with Gasteiger partial charge in [0.05, 0.1) is 11.9 Å². The number of aryl methyl sites for hydroxylation is 1. The molecule has 0 saturated carbocycles. The fourth-order valence-electron chi connectivity index (χ4n) is 2.89. The van der Waals surface area contributed by atoms with Gasteiger partial charge in [-0.1, -0.05) is 0 Å². The van der Waals surface area contributed by atoms with E-state index < -0.39 is 5.60 Å². The smallest absolute Gasteiger partial charge is 0.342 e. The Labute approximate surface area is 139 Å².